The Morgan fingerprint density at radius 1 is 1.22 bits per heavy atom. The van der Waals surface area contributed by atoms with Crippen LogP contribution in [-0.2, 0) is 7.05 Å². The van der Waals surface area contributed by atoms with Crippen LogP contribution in [0.15, 0.2) is 44.8 Å². The molecule has 0 aliphatic rings. The van der Waals surface area contributed by atoms with E-state index in [0.29, 0.717) is 11.0 Å². The number of amides is 1. The van der Waals surface area contributed by atoms with Crippen LogP contribution in [0.25, 0.3) is 11.0 Å². The summed E-state index contributed by atoms with van der Waals surface area (Å²) in [5.41, 5.74) is -1.66. The molecule has 0 unspecified atom stereocenters. The number of aromatic amines is 2. The second kappa shape index (κ2) is 5.37. The molecule has 0 atom stereocenters. The first-order chi connectivity index (χ1) is 11.0. The Kier molecular flexibility index (Phi) is 3.37. The lowest BCUT2D eigenvalue weighted by atomic mass is 10.2. The smallest absolute Gasteiger partial charge is 0.308 e. The van der Waals surface area contributed by atoms with E-state index in [2.05, 4.69) is 15.3 Å². The third-order valence-electron chi connectivity index (χ3n) is 3.22. The molecule has 9 heteroatoms. The van der Waals surface area contributed by atoms with E-state index in [1.807, 2.05) is 4.98 Å². The number of fused-ring (bicyclic) bond motifs is 1. The normalized spacial score (nSPS) is 10.7. The highest BCUT2D eigenvalue weighted by molar-refractivity contribution is 6.05. The van der Waals surface area contributed by atoms with Crippen molar-refractivity contribution in [1.82, 2.24) is 19.5 Å². The van der Waals surface area contributed by atoms with E-state index < -0.39 is 22.7 Å². The molecule has 0 bridgehead atoms. The van der Waals surface area contributed by atoms with Crippen LogP contribution in [-0.4, -0.2) is 25.4 Å². The minimum atomic E-state index is -0.761. The molecule has 1 amide bonds. The summed E-state index contributed by atoms with van der Waals surface area (Å²) in [5.74, 6) is -0.838. The molecule has 0 saturated heterocycles. The first kappa shape index (κ1) is 14.4. The summed E-state index contributed by atoms with van der Waals surface area (Å²) in [7, 11) is 1.50. The number of hydrogen-bond donors (Lipinski definition) is 3. The highest BCUT2D eigenvalue weighted by Gasteiger charge is 2.15. The second-order valence-electron chi connectivity index (χ2n) is 4.79. The van der Waals surface area contributed by atoms with Gasteiger partial charge in [0.05, 0.1) is 0 Å². The van der Waals surface area contributed by atoms with Gasteiger partial charge in [0, 0.05) is 24.7 Å². The van der Waals surface area contributed by atoms with Crippen molar-refractivity contribution < 1.29 is 4.79 Å². The molecular weight excluding hydrogens is 302 g/mol. The number of rotatable bonds is 2. The zero-order valence-corrected chi connectivity index (χ0v) is 11.9. The molecule has 3 rings (SSSR count). The van der Waals surface area contributed by atoms with Gasteiger partial charge in [0.25, 0.3) is 17.0 Å². The van der Waals surface area contributed by atoms with Crippen molar-refractivity contribution in [3.05, 3.63) is 67.2 Å². The SMILES string of the molecule is Cn1c(=O)c(C(=O)Nc2cc(=O)[nH]c(=O)[nH]2)cc2cccnc21. The minimum Gasteiger partial charge on any atom is -0.308 e. The number of carbonyl (C=O) groups excluding carboxylic acids is 1. The molecule has 0 spiro atoms. The van der Waals surface area contributed by atoms with Gasteiger partial charge in [-0.1, -0.05) is 0 Å². The van der Waals surface area contributed by atoms with Crippen molar-refractivity contribution >= 4 is 22.8 Å². The standard InChI is InChI=1S/C14H11N5O4/c1-19-11-7(3-2-4-15-11)5-8(13(19)22)12(21)16-9-6-10(20)18-14(23)17-9/h2-6H,1H3,(H3,16,17,18,20,21,23). The molecule has 0 aliphatic carbocycles. The number of anilines is 1. The first-order valence-electron chi connectivity index (χ1n) is 6.55. The van der Waals surface area contributed by atoms with E-state index in [1.54, 1.807) is 18.3 Å². The van der Waals surface area contributed by atoms with Gasteiger partial charge in [0.2, 0.25) is 0 Å². The average Bonchev–Trinajstić information content (AvgIpc) is 2.49. The first-order valence-corrected chi connectivity index (χ1v) is 6.55. The summed E-state index contributed by atoms with van der Waals surface area (Å²) >= 11 is 0. The molecule has 23 heavy (non-hydrogen) atoms. The lowest BCUT2D eigenvalue weighted by molar-refractivity contribution is 0.102. The predicted octanol–water partition coefficient (Wildman–Crippen LogP) is -0.438. The van der Waals surface area contributed by atoms with Crippen molar-refractivity contribution in [1.29, 1.82) is 0 Å². The summed E-state index contributed by atoms with van der Waals surface area (Å²) in [4.78, 5) is 55.3. The van der Waals surface area contributed by atoms with E-state index in [1.165, 1.54) is 17.7 Å². The number of hydrogen-bond acceptors (Lipinski definition) is 5. The van der Waals surface area contributed by atoms with E-state index in [9.17, 15) is 19.2 Å². The zero-order valence-electron chi connectivity index (χ0n) is 11.9. The minimum absolute atomic E-state index is 0.0999. The monoisotopic (exact) mass is 313 g/mol. The van der Waals surface area contributed by atoms with Crippen LogP contribution in [0.2, 0.25) is 0 Å². The maximum Gasteiger partial charge on any atom is 0.327 e. The van der Waals surface area contributed by atoms with Crippen molar-refractivity contribution in [2.75, 3.05) is 5.32 Å². The van der Waals surface area contributed by atoms with Gasteiger partial charge >= 0.3 is 5.69 Å². The Morgan fingerprint density at radius 2 is 2.00 bits per heavy atom. The third kappa shape index (κ3) is 2.67. The molecule has 3 aromatic rings. The molecule has 0 radical (unpaired) electrons. The van der Waals surface area contributed by atoms with Crippen molar-refractivity contribution in [3.63, 3.8) is 0 Å². The average molecular weight is 313 g/mol. The highest BCUT2D eigenvalue weighted by atomic mass is 16.2. The third-order valence-corrected chi connectivity index (χ3v) is 3.22. The Bertz CT molecular complexity index is 1060. The Morgan fingerprint density at radius 3 is 2.74 bits per heavy atom. The molecule has 0 fully saturated rings. The van der Waals surface area contributed by atoms with Crippen LogP contribution in [0, 0.1) is 0 Å². The largest absolute Gasteiger partial charge is 0.327 e. The van der Waals surface area contributed by atoms with Crippen LogP contribution in [0.4, 0.5) is 5.82 Å². The van der Waals surface area contributed by atoms with Gasteiger partial charge in [0.1, 0.15) is 17.0 Å². The molecule has 3 heterocycles. The van der Waals surface area contributed by atoms with E-state index in [0.717, 1.165) is 6.07 Å². The summed E-state index contributed by atoms with van der Waals surface area (Å²) < 4.78 is 1.25. The van der Waals surface area contributed by atoms with Crippen LogP contribution < -0.4 is 22.1 Å². The Labute approximate surface area is 127 Å². The molecule has 0 aliphatic heterocycles. The van der Waals surface area contributed by atoms with Crippen molar-refractivity contribution in [3.8, 4) is 0 Å². The second-order valence-corrected chi connectivity index (χ2v) is 4.79. The van der Waals surface area contributed by atoms with Gasteiger partial charge in [-0.3, -0.25) is 28.9 Å². The van der Waals surface area contributed by atoms with Crippen LogP contribution >= 0.6 is 0 Å². The Balaban J connectivity index is 2.07. The molecule has 0 saturated carbocycles. The number of carbonyl (C=O) groups is 1. The fourth-order valence-electron chi connectivity index (χ4n) is 2.18. The fourth-order valence-corrected chi connectivity index (χ4v) is 2.18. The molecule has 0 aromatic carbocycles. The summed E-state index contributed by atoms with van der Waals surface area (Å²) in [5, 5.41) is 2.93. The number of H-pyrrole nitrogens is 2. The topological polar surface area (TPSA) is 130 Å². The number of aryl methyl sites for hydroxylation is 1. The highest BCUT2D eigenvalue weighted by Crippen LogP contribution is 2.10. The van der Waals surface area contributed by atoms with E-state index >= 15 is 0 Å². The van der Waals surface area contributed by atoms with Gasteiger partial charge < -0.3 is 5.32 Å². The number of nitrogens with one attached hydrogen (secondary N) is 3. The van der Waals surface area contributed by atoms with Gasteiger partial charge in [-0.2, -0.15) is 0 Å². The zero-order chi connectivity index (χ0) is 16.6. The van der Waals surface area contributed by atoms with Gasteiger partial charge in [-0.05, 0) is 18.2 Å². The molecule has 116 valence electrons. The van der Waals surface area contributed by atoms with Crippen LogP contribution in [0.3, 0.4) is 0 Å². The van der Waals surface area contributed by atoms with E-state index in [-0.39, 0.29) is 11.4 Å². The fraction of sp³-hybridized carbons (Fsp3) is 0.0714. The predicted molar refractivity (Wildman–Crippen MR) is 82.6 cm³/mol. The maximum absolute atomic E-state index is 12.3. The quantitative estimate of drug-likeness (QED) is 0.590. The summed E-state index contributed by atoms with van der Waals surface area (Å²) in [6.45, 7) is 0. The van der Waals surface area contributed by atoms with Crippen LogP contribution in [0.5, 0.6) is 0 Å². The number of aromatic nitrogens is 4. The van der Waals surface area contributed by atoms with Crippen molar-refractivity contribution in [2.45, 2.75) is 0 Å². The Hall–Kier alpha value is -3.49. The summed E-state index contributed by atoms with van der Waals surface area (Å²) in [6, 6.07) is 5.81. The molecule has 3 aromatic heterocycles. The lowest BCUT2D eigenvalue weighted by Gasteiger charge is -2.08. The van der Waals surface area contributed by atoms with Crippen molar-refractivity contribution in [2.24, 2.45) is 7.05 Å². The number of nitrogens with zero attached hydrogens (tertiary/aromatic N) is 2. The molecule has 9 nitrogen and oxygen atoms in total. The van der Waals surface area contributed by atoms with Crippen LogP contribution in [0.1, 0.15) is 10.4 Å². The van der Waals surface area contributed by atoms with Gasteiger partial charge in [-0.25, -0.2) is 9.78 Å². The van der Waals surface area contributed by atoms with Gasteiger partial charge in [0.15, 0.2) is 0 Å². The van der Waals surface area contributed by atoms with E-state index in [4.69, 9.17) is 0 Å². The maximum atomic E-state index is 12.3. The number of pyridine rings is 2. The van der Waals surface area contributed by atoms with Gasteiger partial charge in [-0.15, -0.1) is 0 Å². The molecule has 3 N–H and O–H groups in total. The lowest BCUT2D eigenvalue weighted by Crippen LogP contribution is -2.30. The molecular formula is C14H11N5O4. The summed E-state index contributed by atoms with van der Waals surface area (Å²) in [6.07, 6.45) is 1.54.